The van der Waals surface area contributed by atoms with Gasteiger partial charge in [-0.3, -0.25) is 4.79 Å². The summed E-state index contributed by atoms with van der Waals surface area (Å²) >= 11 is 0. The van der Waals surface area contributed by atoms with Crippen molar-refractivity contribution < 1.29 is 22.4 Å². The van der Waals surface area contributed by atoms with Gasteiger partial charge in [0, 0.05) is 19.1 Å². The summed E-state index contributed by atoms with van der Waals surface area (Å²) < 4.78 is 53.8. The SMILES string of the molecule is CCCN(CC)CC1CCCN1C(=O)c1ccc(-c2cccc(C(F)(F)F)c2)cc1F. The Morgan fingerprint density at radius 3 is 2.52 bits per heavy atom. The van der Waals surface area contributed by atoms with E-state index in [1.54, 1.807) is 4.90 Å². The van der Waals surface area contributed by atoms with Gasteiger partial charge in [0.1, 0.15) is 5.82 Å². The minimum atomic E-state index is -4.47. The Kier molecular flexibility index (Phi) is 7.36. The predicted octanol–water partition coefficient (Wildman–Crippen LogP) is 5.85. The maximum atomic E-state index is 14.9. The first-order valence-electron chi connectivity index (χ1n) is 10.7. The zero-order valence-corrected chi connectivity index (χ0v) is 17.9. The highest BCUT2D eigenvalue weighted by Gasteiger charge is 2.32. The van der Waals surface area contributed by atoms with Crippen molar-refractivity contribution in [2.24, 2.45) is 0 Å². The van der Waals surface area contributed by atoms with Crippen LogP contribution >= 0.6 is 0 Å². The molecule has 1 aliphatic heterocycles. The molecule has 0 bridgehead atoms. The van der Waals surface area contributed by atoms with E-state index in [2.05, 4.69) is 18.7 Å². The van der Waals surface area contributed by atoms with Gasteiger partial charge in [0.15, 0.2) is 0 Å². The lowest BCUT2D eigenvalue weighted by Crippen LogP contribution is -2.43. The molecule has 0 spiro atoms. The van der Waals surface area contributed by atoms with Crippen molar-refractivity contribution in [2.45, 2.75) is 45.3 Å². The van der Waals surface area contributed by atoms with Crippen LogP contribution in [0.2, 0.25) is 0 Å². The first-order valence-corrected chi connectivity index (χ1v) is 10.7. The van der Waals surface area contributed by atoms with Gasteiger partial charge >= 0.3 is 6.18 Å². The molecule has 0 aliphatic carbocycles. The molecule has 0 radical (unpaired) electrons. The van der Waals surface area contributed by atoms with Gasteiger partial charge in [-0.05, 0) is 67.7 Å². The summed E-state index contributed by atoms with van der Waals surface area (Å²) in [5.74, 6) is -1.07. The van der Waals surface area contributed by atoms with Crippen molar-refractivity contribution in [3.05, 3.63) is 59.4 Å². The highest BCUT2D eigenvalue weighted by Crippen LogP contribution is 2.33. The van der Waals surface area contributed by atoms with Gasteiger partial charge in [-0.1, -0.05) is 32.0 Å². The van der Waals surface area contributed by atoms with Crippen molar-refractivity contribution in [1.29, 1.82) is 0 Å². The average molecular weight is 436 g/mol. The first-order chi connectivity index (χ1) is 14.7. The van der Waals surface area contributed by atoms with Crippen molar-refractivity contribution >= 4 is 5.91 Å². The van der Waals surface area contributed by atoms with E-state index in [0.29, 0.717) is 12.1 Å². The molecule has 0 saturated carbocycles. The van der Waals surface area contributed by atoms with Crippen LogP contribution in [0.3, 0.4) is 0 Å². The van der Waals surface area contributed by atoms with Gasteiger partial charge in [-0.2, -0.15) is 13.2 Å². The van der Waals surface area contributed by atoms with Gasteiger partial charge in [0.2, 0.25) is 0 Å². The summed E-state index contributed by atoms with van der Waals surface area (Å²) in [5, 5.41) is 0. The molecular formula is C24H28F4N2O. The maximum Gasteiger partial charge on any atom is 0.416 e. The van der Waals surface area contributed by atoms with Gasteiger partial charge in [0.05, 0.1) is 11.1 Å². The molecule has 0 aromatic heterocycles. The molecule has 1 fully saturated rings. The number of halogens is 4. The molecule has 31 heavy (non-hydrogen) atoms. The number of carbonyl (C=O) groups is 1. The third-order valence-electron chi connectivity index (χ3n) is 5.82. The monoisotopic (exact) mass is 436 g/mol. The third-order valence-corrected chi connectivity index (χ3v) is 5.82. The zero-order chi connectivity index (χ0) is 22.6. The average Bonchev–Trinajstić information content (AvgIpc) is 3.20. The molecular weight excluding hydrogens is 408 g/mol. The molecule has 1 heterocycles. The smallest absolute Gasteiger partial charge is 0.334 e. The first kappa shape index (κ1) is 23.3. The number of hydrogen-bond acceptors (Lipinski definition) is 2. The molecule has 0 N–H and O–H groups in total. The van der Waals surface area contributed by atoms with Crippen LogP contribution in [-0.2, 0) is 6.18 Å². The summed E-state index contributed by atoms with van der Waals surface area (Å²) in [7, 11) is 0. The molecule has 1 saturated heterocycles. The van der Waals surface area contributed by atoms with Crippen LogP contribution in [0.25, 0.3) is 11.1 Å². The predicted molar refractivity (Wildman–Crippen MR) is 113 cm³/mol. The van der Waals surface area contributed by atoms with Gasteiger partial charge < -0.3 is 9.80 Å². The van der Waals surface area contributed by atoms with E-state index in [1.807, 2.05) is 0 Å². The Morgan fingerprint density at radius 1 is 1.13 bits per heavy atom. The van der Waals surface area contributed by atoms with Crippen LogP contribution < -0.4 is 0 Å². The molecule has 2 aromatic rings. The lowest BCUT2D eigenvalue weighted by atomic mass is 10.0. The van der Waals surface area contributed by atoms with Crippen LogP contribution in [0.4, 0.5) is 17.6 Å². The fraction of sp³-hybridized carbons (Fsp3) is 0.458. The number of amides is 1. The standard InChI is InChI=1S/C24H28F4N2O/c1-3-12-29(4-2)16-20-9-6-13-30(20)23(31)21-11-10-18(15-22(21)25)17-7-5-8-19(14-17)24(26,27)28/h5,7-8,10-11,14-15,20H,3-4,6,9,12-13,16H2,1-2H3. The van der Waals surface area contributed by atoms with Gasteiger partial charge in [-0.25, -0.2) is 4.39 Å². The maximum absolute atomic E-state index is 14.9. The lowest BCUT2D eigenvalue weighted by molar-refractivity contribution is -0.137. The van der Waals surface area contributed by atoms with E-state index in [1.165, 1.54) is 24.3 Å². The lowest BCUT2D eigenvalue weighted by Gasteiger charge is -2.30. The van der Waals surface area contributed by atoms with E-state index in [9.17, 15) is 22.4 Å². The highest BCUT2D eigenvalue weighted by atomic mass is 19.4. The summed E-state index contributed by atoms with van der Waals surface area (Å²) in [6.45, 7) is 7.40. The summed E-state index contributed by atoms with van der Waals surface area (Å²) in [6, 6.07) is 8.82. The number of nitrogens with zero attached hydrogens (tertiary/aromatic N) is 2. The number of likely N-dealkylation sites (tertiary alicyclic amines) is 1. The fourth-order valence-electron chi connectivity index (χ4n) is 4.18. The molecule has 1 aliphatic rings. The molecule has 3 nitrogen and oxygen atoms in total. The Morgan fingerprint density at radius 2 is 1.87 bits per heavy atom. The van der Waals surface area contributed by atoms with Gasteiger partial charge in [0.25, 0.3) is 5.91 Å². The highest BCUT2D eigenvalue weighted by molar-refractivity contribution is 5.95. The van der Waals surface area contributed by atoms with Crippen LogP contribution in [0.15, 0.2) is 42.5 Å². The number of likely N-dealkylation sites (N-methyl/N-ethyl adjacent to an activating group) is 1. The van der Waals surface area contributed by atoms with E-state index < -0.39 is 17.6 Å². The molecule has 3 rings (SSSR count). The van der Waals surface area contributed by atoms with Crippen LogP contribution in [-0.4, -0.2) is 47.9 Å². The fourth-order valence-corrected chi connectivity index (χ4v) is 4.18. The molecule has 1 amide bonds. The number of alkyl halides is 3. The quantitative estimate of drug-likeness (QED) is 0.509. The molecule has 1 unspecified atom stereocenters. The van der Waals surface area contributed by atoms with E-state index in [4.69, 9.17) is 0 Å². The summed E-state index contributed by atoms with van der Waals surface area (Å²) in [6.07, 6.45) is -1.68. The minimum absolute atomic E-state index is 0.0406. The number of rotatable bonds is 7. The Hall–Kier alpha value is -2.41. The molecule has 168 valence electrons. The second kappa shape index (κ2) is 9.81. The van der Waals surface area contributed by atoms with Crippen molar-refractivity contribution in [3.63, 3.8) is 0 Å². The number of benzene rings is 2. The Labute approximate surface area is 180 Å². The van der Waals surface area contributed by atoms with E-state index in [0.717, 1.165) is 57.1 Å². The van der Waals surface area contributed by atoms with E-state index >= 15 is 0 Å². The van der Waals surface area contributed by atoms with Crippen LogP contribution in [0.5, 0.6) is 0 Å². The normalized spacial score (nSPS) is 16.9. The molecule has 7 heteroatoms. The van der Waals surface area contributed by atoms with Crippen molar-refractivity contribution in [2.75, 3.05) is 26.2 Å². The Bertz CT molecular complexity index is 913. The minimum Gasteiger partial charge on any atom is -0.334 e. The van der Waals surface area contributed by atoms with Crippen molar-refractivity contribution in [1.82, 2.24) is 9.80 Å². The largest absolute Gasteiger partial charge is 0.416 e. The second-order valence-electron chi connectivity index (χ2n) is 7.96. The molecule has 1 atom stereocenters. The van der Waals surface area contributed by atoms with E-state index in [-0.39, 0.29) is 23.1 Å². The second-order valence-corrected chi connectivity index (χ2v) is 7.96. The third kappa shape index (κ3) is 5.45. The van der Waals surface area contributed by atoms with Crippen LogP contribution in [0.1, 0.15) is 49.0 Å². The van der Waals surface area contributed by atoms with Gasteiger partial charge in [-0.15, -0.1) is 0 Å². The molecule has 2 aromatic carbocycles. The summed E-state index contributed by atoms with van der Waals surface area (Å²) in [4.78, 5) is 17.1. The van der Waals surface area contributed by atoms with Crippen LogP contribution in [0, 0.1) is 5.82 Å². The topological polar surface area (TPSA) is 23.6 Å². The Balaban J connectivity index is 1.80. The number of hydrogen-bond donors (Lipinski definition) is 0. The summed E-state index contributed by atoms with van der Waals surface area (Å²) in [5.41, 5.74) is -0.276. The van der Waals surface area contributed by atoms with Crippen molar-refractivity contribution in [3.8, 4) is 11.1 Å². The number of carbonyl (C=O) groups excluding carboxylic acids is 1. The zero-order valence-electron chi connectivity index (χ0n) is 17.9.